The van der Waals surface area contributed by atoms with Gasteiger partial charge >= 0.3 is 0 Å². The summed E-state index contributed by atoms with van der Waals surface area (Å²) in [5.41, 5.74) is 7.11. The van der Waals surface area contributed by atoms with E-state index >= 15 is 0 Å². The molecule has 0 heterocycles. The Hall–Kier alpha value is -2.67. The third-order valence-corrected chi connectivity index (χ3v) is 3.23. The van der Waals surface area contributed by atoms with Crippen molar-refractivity contribution in [1.29, 1.82) is 0 Å². The predicted molar refractivity (Wildman–Crippen MR) is 86.3 cm³/mol. The molecule has 0 aliphatic carbocycles. The second kappa shape index (κ2) is 6.86. The van der Waals surface area contributed by atoms with Crippen LogP contribution in [0.3, 0.4) is 0 Å². The topological polar surface area (TPSA) is 87.6 Å². The molecule has 0 saturated heterocycles. The van der Waals surface area contributed by atoms with E-state index in [2.05, 4.69) is 0 Å². The van der Waals surface area contributed by atoms with Crippen LogP contribution in [0.1, 0.15) is 11.1 Å². The summed E-state index contributed by atoms with van der Waals surface area (Å²) in [6.45, 7) is 0.245. The minimum atomic E-state index is -0.445. The number of nitrogens with zero attached hydrogens (tertiary/aromatic N) is 1. The van der Waals surface area contributed by atoms with Gasteiger partial charge in [-0.3, -0.25) is 10.1 Å². The van der Waals surface area contributed by atoms with Crippen molar-refractivity contribution < 1.29 is 14.4 Å². The molecule has 0 amide bonds. The maximum Gasteiger partial charge on any atom is 0.269 e. The zero-order valence-corrected chi connectivity index (χ0v) is 12.6. The lowest BCUT2D eigenvalue weighted by atomic mass is 10.2. The molecule has 0 aliphatic heterocycles. The smallest absolute Gasteiger partial charge is 0.269 e. The van der Waals surface area contributed by atoms with Crippen molar-refractivity contribution in [2.24, 2.45) is 5.73 Å². The monoisotopic (exact) mass is 318 g/mol. The molecule has 6 nitrogen and oxygen atoms in total. The quantitative estimate of drug-likeness (QED) is 0.500. The molecular weight excluding hydrogens is 304 g/mol. The van der Waals surface area contributed by atoms with E-state index < -0.39 is 4.92 Å². The fraction of sp³-hybridized carbons (Fsp3) is 0.133. The Kier molecular flexibility index (Phi) is 4.90. The molecule has 0 saturated carbocycles. The Morgan fingerprint density at radius 3 is 2.45 bits per heavy atom. The normalized spacial score (nSPS) is 10.0. The third kappa shape index (κ3) is 3.70. The van der Waals surface area contributed by atoms with E-state index in [4.69, 9.17) is 27.4 Å². The maximum atomic E-state index is 10.6. The number of rotatable bonds is 6. The van der Waals surface area contributed by atoms with Crippen molar-refractivity contribution in [2.75, 3.05) is 7.11 Å². The second-order valence-electron chi connectivity index (χ2n) is 4.44. The molecule has 2 aromatic carbocycles. The van der Waals surface area contributed by atoms with Crippen LogP contribution in [0.2, 0.25) is 0 Å². The molecule has 0 fully saturated rings. The molecule has 0 atom stereocenters. The number of ether oxygens (including phenoxy) is 2. The highest BCUT2D eigenvalue weighted by Gasteiger charge is 2.09. The molecule has 7 heteroatoms. The minimum Gasteiger partial charge on any atom is -0.493 e. The Labute approximate surface area is 132 Å². The summed E-state index contributed by atoms with van der Waals surface area (Å²) in [6.07, 6.45) is 0. The van der Waals surface area contributed by atoms with Crippen LogP contribution >= 0.6 is 12.2 Å². The van der Waals surface area contributed by atoms with Gasteiger partial charge < -0.3 is 15.2 Å². The SMILES string of the molecule is COc1ccc(C(N)=S)cc1OCc1ccc([N+](=O)[O-])cc1. The summed E-state index contributed by atoms with van der Waals surface area (Å²) in [5, 5.41) is 10.6. The molecule has 0 bridgehead atoms. The summed E-state index contributed by atoms with van der Waals surface area (Å²) < 4.78 is 10.9. The number of nitro benzene ring substituents is 1. The first-order valence-electron chi connectivity index (χ1n) is 6.35. The number of nitro groups is 1. The zero-order chi connectivity index (χ0) is 16.1. The number of benzene rings is 2. The van der Waals surface area contributed by atoms with Crippen LogP contribution in [0.5, 0.6) is 11.5 Å². The molecular formula is C15H14N2O4S. The predicted octanol–water partition coefficient (Wildman–Crippen LogP) is 2.82. The first-order valence-corrected chi connectivity index (χ1v) is 6.76. The number of non-ortho nitro benzene ring substituents is 1. The Morgan fingerprint density at radius 1 is 1.23 bits per heavy atom. The van der Waals surface area contributed by atoms with E-state index in [1.54, 1.807) is 30.3 Å². The third-order valence-electron chi connectivity index (χ3n) is 2.99. The van der Waals surface area contributed by atoms with Crippen molar-refractivity contribution >= 4 is 22.9 Å². The second-order valence-corrected chi connectivity index (χ2v) is 4.88. The van der Waals surface area contributed by atoms with Gasteiger partial charge in [-0.25, -0.2) is 0 Å². The van der Waals surface area contributed by atoms with Gasteiger partial charge in [-0.2, -0.15) is 0 Å². The van der Waals surface area contributed by atoms with Gasteiger partial charge in [0.2, 0.25) is 0 Å². The van der Waals surface area contributed by atoms with Crippen LogP contribution in [0.15, 0.2) is 42.5 Å². The summed E-state index contributed by atoms with van der Waals surface area (Å²) in [6, 6.07) is 11.3. The first-order chi connectivity index (χ1) is 10.5. The Bertz CT molecular complexity index is 701. The Morgan fingerprint density at radius 2 is 1.91 bits per heavy atom. The van der Waals surface area contributed by atoms with Crippen LogP contribution in [-0.2, 0) is 6.61 Å². The van der Waals surface area contributed by atoms with Crippen molar-refractivity contribution in [1.82, 2.24) is 0 Å². The van der Waals surface area contributed by atoms with E-state index in [1.165, 1.54) is 19.2 Å². The lowest BCUT2D eigenvalue weighted by Crippen LogP contribution is -2.09. The molecule has 114 valence electrons. The lowest BCUT2D eigenvalue weighted by Gasteiger charge is -2.12. The van der Waals surface area contributed by atoms with Gasteiger partial charge in [0.05, 0.1) is 12.0 Å². The molecule has 2 rings (SSSR count). The van der Waals surface area contributed by atoms with E-state index in [0.717, 1.165) is 5.56 Å². The fourth-order valence-corrected chi connectivity index (χ4v) is 1.94. The van der Waals surface area contributed by atoms with Crippen molar-refractivity contribution in [3.63, 3.8) is 0 Å². The molecule has 0 unspecified atom stereocenters. The average molecular weight is 318 g/mol. The van der Waals surface area contributed by atoms with Crippen molar-refractivity contribution in [3.8, 4) is 11.5 Å². The highest BCUT2D eigenvalue weighted by Crippen LogP contribution is 2.29. The molecule has 0 radical (unpaired) electrons. The van der Waals surface area contributed by atoms with Gasteiger partial charge in [-0.05, 0) is 35.9 Å². The van der Waals surface area contributed by atoms with Crippen LogP contribution in [0.25, 0.3) is 0 Å². The molecule has 0 aromatic heterocycles. The molecule has 22 heavy (non-hydrogen) atoms. The van der Waals surface area contributed by atoms with E-state index in [0.29, 0.717) is 17.1 Å². The summed E-state index contributed by atoms with van der Waals surface area (Å²) in [4.78, 5) is 10.4. The van der Waals surface area contributed by atoms with Crippen LogP contribution < -0.4 is 15.2 Å². The molecule has 2 N–H and O–H groups in total. The number of methoxy groups -OCH3 is 1. The highest BCUT2D eigenvalue weighted by atomic mass is 32.1. The van der Waals surface area contributed by atoms with E-state index in [9.17, 15) is 10.1 Å². The number of hydrogen-bond donors (Lipinski definition) is 1. The maximum absolute atomic E-state index is 10.6. The first kappa shape index (κ1) is 15.7. The van der Waals surface area contributed by atoms with Crippen molar-refractivity contribution in [2.45, 2.75) is 6.61 Å². The summed E-state index contributed by atoms with van der Waals surface area (Å²) in [7, 11) is 1.54. The van der Waals surface area contributed by atoms with Gasteiger partial charge in [-0.1, -0.05) is 12.2 Å². The standard InChI is InChI=1S/C15H14N2O4S/c1-20-13-7-4-11(15(16)22)8-14(13)21-9-10-2-5-12(6-3-10)17(18)19/h2-8H,9H2,1H3,(H2,16,22). The van der Waals surface area contributed by atoms with Gasteiger partial charge in [-0.15, -0.1) is 0 Å². The molecule has 0 spiro atoms. The van der Waals surface area contributed by atoms with Crippen LogP contribution in [0, 0.1) is 10.1 Å². The van der Waals surface area contributed by atoms with Gasteiger partial charge in [0.15, 0.2) is 11.5 Å². The van der Waals surface area contributed by atoms with E-state index in [1.807, 2.05) is 0 Å². The van der Waals surface area contributed by atoms with Gasteiger partial charge in [0.1, 0.15) is 11.6 Å². The minimum absolute atomic E-state index is 0.0387. The van der Waals surface area contributed by atoms with Crippen LogP contribution in [-0.4, -0.2) is 17.0 Å². The van der Waals surface area contributed by atoms with Crippen LogP contribution in [0.4, 0.5) is 5.69 Å². The number of thiocarbonyl (C=S) groups is 1. The lowest BCUT2D eigenvalue weighted by molar-refractivity contribution is -0.384. The van der Waals surface area contributed by atoms with Crippen molar-refractivity contribution in [3.05, 3.63) is 63.7 Å². The van der Waals surface area contributed by atoms with E-state index in [-0.39, 0.29) is 17.3 Å². The fourth-order valence-electron chi connectivity index (χ4n) is 1.82. The summed E-state index contributed by atoms with van der Waals surface area (Å²) in [5.74, 6) is 1.06. The number of nitrogens with two attached hydrogens (primary N) is 1. The summed E-state index contributed by atoms with van der Waals surface area (Å²) >= 11 is 4.94. The zero-order valence-electron chi connectivity index (χ0n) is 11.8. The average Bonchev–Trinajstić information content (AvgIpc) is 2.52. The van der Waals surface area contributed by atoms with Gasteiger partial charge in [0.25, 0.3) is 5.69 Å². The molecule has 2 aromatic rings. The molecule has 0 aliphatic rings. The largest absolute Gasteiger partial charge is 0.493 e. The number of hydrogen-bond acceptors (Lipinski definition) is 5. The highest BCUT2D eigenvalue weighted by molar-refractivity contribution is 7.80. The Balaban J connectivity index is 2.14. The van der Waals surface area contributed by atoms with Gasteiger partial charge in [0, 0.05) is 17.7 Å².